The minimum atomic E-state index is -0.215. The molecule has 0 bridgehead atoms. The summed E-state index contributed by atoms with van der Waals surface area (Å²) in [6, 6.07) is 13.1. The third-order valence-electron chi connectivity index (χ3n) is 6.11. The predicted molar refractivity (Wildman–Crippen MR) is 118 cm³/mol. The second-order valence-electron chi connectivity index (χ2n) is 9.31. The summed E-state index contributed by atoms with van der Waals surface area (Å²) in [6.07, 6.45) is 4.58. The molecule has 2 aromatic heterocycles. The Hall–Kier alpha value is -3.68. The highest BCUT2D eigenvalue weighted by molar-refractivity contribution is 5.97. The number of hydrogen-bond acceptors (Lipinski definition) is 5. The number of carbonyl (C=O) groups is 1. The van der Waals surface area contributed by atoms with Gasteiger partial charge in [0.2, 0.25) is 11.0 Å². The van der Waals surface area contributed by atoms with E-state index >= 15 is 0 Å². The zero-order valence-electron chi connectivity index (χ0n) is 18.3. The van der Waals surface area contributed by atoms with E-state index in [0.29, 0.717) is 21.5 Å². The highest BCUT2D eigenvalue weighted by atomic mass is 16.8. The number of benzene rings is 2. The van der Waals surface area contributed by atoms with Crippen molar-refractivity contribution in [3.8, 4) is 5.69 Å². The molecule has 0 fully saturated rings. The Labute approximate surface area is 185 Å². The van der Waals surface area contributed by atoms with Gasteiger partial charge in [-0.1, -0.05) is 32.9 Å². The first-order chi connectivity index (χ1) is 15.3. The van der Waals surface area contributed by atoms with Gasteiger partial charge in [-0.15, -0.1) is 0 Å². The molecule has 0 spiro atoms. The number of nitrogens with zero attached hydrogens (tertiary/aromatic N) is 4. The van der Waals surface area contributed by atoms with Gasteiger partial charge < -0.3 is 10.5 Å². The number of aromatic nitrogens is 4. The van der Waals surface area contributed by atoms with Crippen LogP contribution in [0.5, 0.6) is 0 Å². The van der Waals surface area contributed by atoms with Crippen molar-refractivity contribution in [2.24, 2.45) is 0 Å². The van der Waals surface area contributed by atoms with Crippen molar-refractivity contribution in [3.63, 3.8) is 0 Å². The summed E-state index contributed by atoms with van der Waals surface area (Å²) >= 11 is 0. The summed E-state index contributed by atoms with van der Waals surface area (Å²) < 4.78 is 6.57. The number of rotatable bonds is 3. The summed E-state index contributed by atoms with van der Waals surface area (Å²) in [5.74, 6) is -0.215. The number of fused-ring (bicyclic) bond motifs is 2. The quantitative estimate of drug-likeness (QED) is 0.498. The average Bonchev–Trinajstić information content (AvgIpc) is 3.37. The van der Waals surface area contributed by atoms with Gasteiger partial charge in [0.05, 0.1) is 17.9 Å². The molecule has 1 aliphatic rings. The van der Waals surface area contributed by atoms with Crippen molar-refractivity contribution in [2.75, 3.05) is 0 Å². The standard InChI is InChI=1S/C24H25N5O3/c1-24(2,3)16-8-10-17(11-9-16)28-21-6-4-5-19(18(21)14-25-28)26-23(30)15-7-12-22-20(13-15)27-32-29(22)31/h7-14,19H,4-6H2,1-3H3,(H,26,30). The van der Waals surface area contributed by atoms with Crippen molar-refractivity contribution in [1.29, 1.82) is 0 Å². The lowest BCUT2D eigenvalue weighted by Gasteiger charge is -2.24. The van der Waals surface area contributed by atoms with Gasteiger partial charge in [-0.2, -0.15) is 5.10 Å². The lowest BCUT2D eigenvalue weighted by molar-refractivity contribution is -0.782. The molecule has 8 nitrogen and oxygen atoms in total. The first-order valence-electron chi connectivity index (χ1n) is 10.8. The lowest BCUT2D eigenvalue weighted by atomic mass is 9.87. The summed E-state index contributed by atoms with van der Waals surface area (Å²) in [6.45, 7) is 6.59. The van der Waals surface area contributed by atoms with Crippen LogP contribution in [0.25, 0.3) is 16.7 Å². The van der Waals surface area contributed by atoms with E-state index in [9.17, 15) is 10.0 Å². The van der Waals surface area contributed by atoms with Crippen molar-refractivity contribution >= 4 is 16.9 Å². The Bertz CT molecular complexity index is 1300. The molecule has 1 atom stereocenters. The summed E-state index contributed by atoms with van der Waals surface area (Å²) in [5.41, 5.74) is 5.65. The van der Waals surface area contributed by atoms with Crippen LogP contribution in [0.2, 0.25) is 0 Å². The zero-order valence-corrected chi connectivity index (χ0v) is 18.3. The molecule has 0 radical (unpaired) electrons. The van der Waals surface area contributed by atoms with Crippen LogP contribution in [0.3, 0.4) is 0 Å². The maximum absolute atomic E-state index is 12.9. The number of hydrogen-bond donors (Lipinski definition) is 1. The third kappa shape index (κ3) is 3.51. The van der Waals surface area contributed by atoms with E-state index in [2.05, 4.69) is 65.2 Å². The molecule has 0 aliphatic heterocycles. The second kappa shape index (κ2) is 7.47. The number of carbonyl (C=O) groups excluding carboxylic acids is 1. The van der Waals surface area contributed by atoms with Crippen LogP contribution < -0.4 is 10.2 Å². The molecule has 32 heavy (non-hydrogen) atoms. The van der Waals surface area contributed by atoms with E-state index < -0.39 is 0 Å². The van der Waals surface area contributed by atoms with Crippen LogP contribution in [-0.2, 0) is 11.8 Å². The molecule has 1 N–H and O–H groups in total. The molecule has 5 rings (SSSR count). The van der Waals surface area contributed by atoms with E-state index in [0.717, 1.165) is 36.2 Å². The summed E-state index contributed by atoms with van der Waals surface area (Å²) in [4.78, 5) is 13.2. The van der Waals surface area contributed by atoms with E-state index in [1.165, 1.54) is 5.56 Å². The van der Waals surface area contributed by atoms with Crippen LogP contribution in [0.4, 0.5) is 0 Å². The minimum Gasteiger partial charge on any atom is -0.359 e. The molecular formula is C24H25N5O3. The molecule has 1 aliphatic carbocycles. The van der Waals surface area contributed by atoms with Crippen molar-refractivity contribution < 1.29 is 14.3 Å². The molecule has 0 saturated heterocycles. The van der Waals surface area contributed by atoms with Gasteiger partial charge in [0.25, 0.3) is 5.91 Å². The summed E-state index contributed by atoms with van der Waals surface area (Å²) in [7, 11) is 0. The van der Waals surface area contributed by atoms with Gasteiger partial charge in [0.15, 0.2) is 0 Å². The van der Waals surface area contributed by atoms with Gasteiger partial charge in [-0.25, -0.2) is 4.68 Å². The topological polar surface area (TPSA) is 99.9 Å². The first kappa shape index (κ1) is 20.2. The van der Waals surface area contributed by atoms with Gasteiger partial charge in [0.1, 0.15) is 0 Å². The molecular weight excluding hydrogens is 406 g/mol. The largest absolute Gasteiger partial charge is 0.359 e. The van der Waals surface area contributed by atoms with Gasteiger partial charge in [-0.05, 0) is 59.4 Å². The smallest absolute Gasteiger partial charge is 0.251 e. The molecule has 1 amide bonds. The fourth-order valence-electron chi connectivity index (χ4n) is 4.29. The molecule has 164 valence electrons. The highest BCUT2D eigenvalue weighted by Gasteiger charge is 2.27. The molecule has 2 aromatic carbocycles. The van der Waals surface area contributed by atoms with Crippen LogP contribution in [-0.4, -0.2) is 20.8 Å². The number of nitrogens with one attached hydrogen (secondary N) is 1. The van der Waals surface area contributed by atoms with Crippen LogP contribution >= 0.6 is 0 Å². The molecule has 1 unspecified atom stereocenters. The second-order valence-corrected chi connectivity index (χ2v) is 9.31. The third-order valence-corrected chi connectivity index (χ3v) is 6.11. The van der Waals surface area contributed by atoms with E-state index in [4.69, 9.17) is 0 Å². The Morgan fingerprint density at radius 3 is 2.75 bits per heavy atom. The normalized spacial score (nSPS) is 16.2. The first-order valence-corrected chi connectivity index (χ1v) is 10.8. The molecule has 8 heteroatoms. The maximum atomic E-state index is 12.9. The predicted octanol–water partition coefficient (Wildman–Crippen LogP) is 3.75. The highest BCUT2D eigenvalue weighted by Crippen LogP contribution is 2.32. The van der Waals surface area contributed by atoms with Gasteiger partial charge in [-0.3, -0.25) is 9.42 Å². The monoisotopic (exact) mass is 431 g/mol. The SMILES string of the molecule is CC(C)(C)c1ccc(-n2ncc3c2CCCC3NC(=O)c2ccc3c(c2)no[n+]3[O-])cc1. The minimum absolute atomic E-state index is 0.0976. The zero-order chi connectivity index (χ0) is 22.5. The Morgan fingerprint density at radius 1 is 1.22 bits per heavy atom. The van der Waals surface area contributed by atoms with Crippen LogP contribution in [0.1, 0.15) is 66.8 Å². The van der Waals surface area contributed by atoms with E-state index in [-0.39, 0.29) is 17.4 Å². The lowest BCUT2D eigenvalue weighted by Crippen LogP contribution is -2.31. The van der Waals surface area contributed by atoms with Crippen molar-refractivity contribution in [2.45, 2.75) is 51.5 Å². The Morgan fingerprint density at radius 2 is 2.00 bits per heavy atom. The van der Waals surface area contributed by atoms with Crippen molar-refractivity contribution in [1.82, 2.24) is 20.3 Å². The van der Waals surface area contributed by atoms with E-state index in [1.54, 1.807) is 18.2 Å². The van der Waals surface area contributed by atoms with Crippen LogP contribution in [0.15, 0.2) is 53.3 Å². The van der Waals surface area contributed by atoms with Gasteiger partial charge in [0, 0.05) is 28.0 Å². The Kier molecular flexibility index (Phi) is 4.73. The fraction of sp³-hybridized carbons (Fsp3) is 0.333. The Balaban J connectivity index is 1.39. The molecule has 4 aromatic rings. The number of amides is 1. The van der Waals surface area contributed by atoms with Crippen LogP contribution in [0, 0.1) is 5.21 Å². The molecule has 0 saturated carbocycles. The summed E-state index contributed by atoms with van der Waals surface area (Å²) in [5, 5.41) is 22.9. The molecule has 2 heterocycles. The van der Waals surface area contributed by atoms with E-state index in [1.807, 2.05) is 10.9 Å². The van der Waals surface area contributed by atoms with Gasteiger partial charge >= 0.3 is 0 Å². The van der Waals surface area contributed by atoms with Crippen molar-refractivity contribution in [3.05, 3.63) is 76.3 Å². The fourth-order valence-corrected chi connectivity index (χ4v) is 4.29. The maximum Gasteiger partial charge on any atom is 0.251 e. The average molecular weight is 431 g/mol.